The summed E-state index contributed by atoms with van der Waals surface area (Å²) in [7, 11) is 0. The first-order valence-corrected chi connectivity index (χ1v) is 14.4. The maximum Gasteiger partial charge on any atom is 0.155 e. The summed E-state index contributed by atoms with van der Waals surface area (Å²) in [5.41, 5.74) is 8.48. The number of hydrogen-bond donors (Lipinski definition) is 1. The normalized spacial score (nSPS) is 11.3. The second kappa shape index (κ2) is 14.5. The van der Waals surface area contributed by atoms with Gasteiger partial charge in [0, 0.05) is 36.4 Å². The number of fused-ring (bicyclic) bond motifs is 1. The second-order valence-electron chi connectivity index (χ2n) is 10.7. The number of carbonyl (C=O) groups excluding carboxylic acids is 1. The molecule has 0 bridgehead atoms. The Morgan fingerprint density at radius 1 is 0.829 bits per heavy atom. The van der Waals surface area contributed by atoms with Crippen molar-refractivity contribution in [1.29, 1.82) is 0 Å². The number of thiophene rings is 1. The van der Waals surface area contributed by atoms with Gasteiger partial charge in [-0.2, -0.15) is 0 Å². The average Bonchev–Trinajstić information content (AvgIpc) is 3.36. The number of pyridine rings is 1. The van der Waals surface area contributed by atoms with E-state index in [1.54, 1.807) is 11.3 Å². The number of benzene rings is 3. The minimum Gasteiger partial charge on any atom is -0.512 e. The molecule has 41 heavy (non-hydrogen) atoms. The van der Waals surface area contributed by atoms with Crippen molar-refractivity contribution in [3.8, 4) is 32.8 Å². The molecule has 0 aliphatic carbocycles. The Morgan fingerprint density at radius 3 is 2.05 bits per heavy atom. The first-order chi connectivity index (χ1) is 19.1. The van der Waals surface area contributed by atoms with Gasteiger partial charge >= 0.3 is 0 Å². The van der Waals surface area contributed by atoms with Crippen molar-refractivity contribution in [1.82, 2.24) is 4.98 Å². The summed E-state index contributed by atoms with van der Waals surface area (Å²) in [6.07, 6.45) is 1.17. The van der Waals surface area contributed by atoms with Crippen LogP contribution in [0.3, 0.4) is 0 Å². The standard InChI is InChI=1S/C31H28NS.C5H8O2.Ir/c1-20(2)26-16-27(21(3)4)18-28(17-26)30-19-25-13-14-29(32-31(25)33-30)24-12-8-11-23(15-24)22-9-6-5-7-10-22;1-4(6)3-5(2)7;/h5-11,13-21H,1-4H3;3,6H,1-2H3;/q-1;;/b;4-3-;. The van der Waals surface area contributed by atoms with Crippen LogP contribution in [0.5, 0.6) is 0 Å². The molecule has 5 rings (SSSR count). The van der Waals surface area contributed by atoms with Gasteiger partial charge in [0.1, 0.15) is 4.83 Å². The van der Waals surface area contributed by atoms with Gasteiger partial charge in [-0.15, -0.1) is 46.7 Å². The number of aliphatic hydroxyl groups is 1. The number of allylic oxidation sites excluding steroid dienone is 2. The molecule has 1 radical (unpaired) electrons. The fraction of sp³-hybridized carbons (Fsp3) is 0.222. The molecule has 0 spiro atoms. The largest absolute Gasteiger partial charge is 0.512 e. The molecule has 0 atom stereocenters. The molecule has 213 valence electrons. The Balaban J connectivity index is 0.000000516. The zero-order valence-corrected chi connectivity index (χ0v) is 27.6. The Morgan fingerprint density at radius 2 is 1.49 bits per heavy atom. The first kappa shape index (κ1) is 32.1. The number of carbonyl (C=O) groups is 1. The average molecular weight is 739 g/mol. The summed E-state index contributed by atoms with van der Waals surface area (Å²) in [4.78, 5) is 17.4. The van der Waals surface area contributed by atoms with Crippen LogP contribution in [0, 0.1) is 6.07 Å². The van der Waals surface area contributed by atoms with Crippen LogP contribution in [0.1, 0.15) is 64.5 Å². The fourth-order valence-corrected chi connectivity index (χ4v) is 5.43. The number of rotatable bonds is 6. The van der Waals surface area contributed by atoms with Crippen LogP contribution in [0.2, 0.25) is 0 Å². The van der Waals surface area contributed by atoms with Gasteiger partial charge in [-0.1, -0.05) is 88.4 Å². The molecule has 0 aliphatic rings. The molecule has 0 saturated carbocycles. The summed E-state index contributed by atoms with van der Waals surface area (Å²) in [5.74, 6) is 0.954. The summed E-state index contributed by atoms with van der Waals surface area (Å²) >= 11 is 1.78. The molecule has 5 aromatic rings. The molecule has 0 saturated heterocycles. The van der Waals surface area contributed by atoms with E-state index in [1.165, 1.54) is 58.0 Å². The Kier molecular flexibility index (Phi) is 11.4. The Hall–Kier alpha value is -3.37. The van der Waals surface area contributed by atoms with Gasteiger partial charge in [-0.25, -0.2) is 0 Å². The van der Waals surface area contributed by atoms with E-state index in [2.05, 4.69) is 107 Å². The van der Waals surface area contributed by atoms with Crippen molar-refractivity contribution in [2.24, 2.45) is 0 Å². The van der Waals surface area contributed by atoms with E-state index in [9.17, 15) is 4.79 Å². The monoisotopic (exact) mass is 739 g/mol. The van der Waals surface area contributed by atoms with Crippen LogP contribution in [-0.2, 0) is 24.9 Å². The van der Waals surface area contributed by atoms with Crippen molar-refractivity contribution < 1.29 is 30.0 Å². The fourth-order valence-electron chi connectivity index (χ4n) is 4.41. The third-order valence-electron chi connectivity index (χ3n) is 6.58. The Bertz CT molecular complexity index is 1620. The van der Waals surface area contributed by atoms with E-state index >= 15 is 0 Å². The second-order valence-corrected chi connectivity index (χ2v) is 11.7. The molecular weight excluding hydrogens is 703 g/mol. The van der Waals surface area contributed by atoms with Crippen LogP contribution in [0.15, 0.2) is 96.8 Å². The summed E-state index contributed by atoms with van der Waals surface area (Å²) in [5, 5.41) is 9.56. The molecular formula is C36H36IrNO2S-. The molecule has 0 amide bonds. The van der Waals surface area contributed by atoms with E-state index in [-0.39, 0.29) is 31.6 Å². The zero-order valence-electron chi connectivity index (χ0n) is 24.4. The third-order valence-corrected chi connectivity index (χ3v) is 7.67. The quantitative estimate of drug-likeness (QED) is 0.107. The van der Waals surface area contributed by atoms with Gasteiger partial charge in [-0.05, 0) is 59.7 Å². The van der Waals surface area contributed by atoms with Crippen LogP contribution in [0.4, 0.5) is 0 Å². The predicted molar refractivity (Wildman–Crippen MR) is 170 cm³/mol. The molecule has 3 aromatic carbocycles. The van der Waals surface area contributed by atoms with Crippen molar-refractivity contribution in [3.63, 3.8) is 0 Å². The molecule has 0 unspecified atom stereocenters. The maximum absolute atomic E-state index is 10.0. The van der Waals surface area contributed by atoms with Crippen LogP contribution >= 0.6 is 11.3 Å². The summed E-state index contributed by atoms with van der Waals surface area (Å²) < 4.78 is 0. The van der Waals surface area contributed by atoms with E-state index in [4.69, 9.17) is 10.1 Å². The summed E-state index contributed by atoms with van der Waals surface area (Å²) in [6, 6.07) is 33.8. The number of nitrogens with zero attached hydrogens (tertiary/aromatic N) is 1. The molecule has 2 aromatic heterocycles. The van der Waals surface area contributed by atoms with Crippen molar-refractivity contribution >= 4 is 27.3 Å². The minimum absolute atomic E-state index is 0. The smallest absolute Gasteiger partial charge is 0.155 e. The van der Waals surface area contributed by atoms with Gasteiger partial charge in [0.15, 0.2) is 5.78 Å². The van der Waals surface area contributed by atoms with Crippen LogP contribution in [0.25, 0.3) is 43.0 Å². The van der Waals surface area contributed by atoms with Gasteiger partial charge in [0.25, 0.3) is 0 Å². The van der Waals surface area contributed by atoms with Gasteiger partial charge in [0.05, 0.1) is 5.76 Å². The molecule has 3 nitrogen and oxygen atoms in total. The molecule has 0 aliphatic heterocycles. The van der Waals surface area contributed by atoms with Gasteiger partial charge in [0.2, 0.25) is 0 Å². The summed E-state index contributed by atoms with van der Waals surface area (Å²) in [6.45, 7) is 11.9. The maximum atomic E-state index is 10.0. The van der Waals surface area contributed by atoms with Crippen molar-refractivity contribution in [2.45, 2.75) is 53.4 Å². The molecule has 0 fully saturated rings. The number of ketones is 1. The van der Waals surface area contributed by atoms with E-state index < -0.39 is 0 Å². The van der Waals surface area contributed by atoms with E-state index in [1.807, 2.05) is 12.1 Å². The zero-order chi connectivity index (χ0) is 28.8. The van der Waals surface area contributed by atoms with Crippen LogP contribution in [-0.4, -0.2) is 15.9 Å². The number of aliphatic hydroxyl groups excluding tert-OH is 1. The van der Waals surface area contributed by atoms with Crippen molar-refractivity contribution in [2.75, 3.05) is 0 Å². The number of hydrogen-bond acceptors (Lipinski definition) is 4. The number of aromatic nitrogens is 1. The van der Waals surface area contributed by atoms with Crippen molar-refractivity contribution in [3.05, 3.63) is 114 Å². The SMILES string of the molecule is CC(=O)/C=C(/C)O.CC(C)c1cc(-c2cc3ccc(-c4[c-]ccc(-c5ccccc5)c4)nc3s2)cc(C(C)C)c1.[Ir]. The Labute approximate surface area is 261 Å². The molecule has 5 heteroatoms. The molecule has 1 N–H and O–H groups in total. The minimum atomic E-state index is -0.125. The third kappa shape index (κ3) is 8.56. The van der Waals surface area contributed by atoms with E-state index in [0.717, 1.165) is 16.1 Å². The topological polar surface area (TPSA) is 50.2 Å². The first-order valence-electron chi connectivity index (χ1n) is 13.6. The van der Waals surface area contributed by atoms with E-state index in [0.29, 0.717) is 11.8 Å². The van der Waals surface area contributed by atoms with Crippen LogP contribution < -0.4 is 0 Å². The predicted octanol–water partition coefficient (Wildman–Crippen LogP) is 10.4. The molecule has 2 heterocycles. The van der Waals surface area contributed by atoms with Gasteiger partial charge < -0.3 is 5.11 Å². The van der Waals surface area contributed by atoms with Gasteiger partial charge in [-0.3, -0.25) is 9.78 Å².